The summed E-state index contributed by atoms with van der Waals surface area (Å²) in [7, 11) is 1.54. The first kappa shape index (κ1) is 20.9. The largest absolute Gasteiger partial charge is 0.495 e. The maximum atomic E-state index is 12.5. The zero-order chi connectivity index (χ0) is 22.7. The summed E-state index contributed by atoms with van der Waals surface area (Å²) in [5.41, 5.74) is 2.64. The van der Waals surface area contributed by atoms with Crippen molar-refractivity contribution in [1.82, 2.24) is 9.38 Å². The molecule has 32 heavy (non-hydrogen) atoms. The maximum Gasteiger partial charge on any atom is 0.286 e. The number of amides is 1. The van der Waals surface area contributed by atoms with Crippen molar-refractivity contribution < 1.29 is 19.2 Å². The molecule has 0 spiro atoms. The van der Waals surface area contributed by atoms with Gasteiger partial charge in [-0.3, -0.25) is 19.3 Å². The molecule has 2 aromatic heterocycles. The minimum Gasteiger partial charge on any atom is -0.495 e. The molecule has 162 valence electrons. The second kappa shape index (κ2) is 8.76. The van der Waals surface area contributed by atoms with Crippen molar-refractivity contribution in [3.8, 4) is 22.8 Å². The molecule has 9 nitrogen and oxygen atoms in total. The fraction of sp³-hybridized carbons (Fsp3) is 0.130. The summed E-state index contributed by atoms with van der Waals surface area (Å²) in [6, 6.07) is 17.3. The summed E-state index contributed by atoms with van der Waals surface area (Å²) in [4.78, 5) is 27.5. The van der Waals surface area contributed by atoms with Crippen LogP contribution in [-0.4, -0.2) is 33.4 Å². The number of fused-ring (bicyclic) bond motifs is 1. The number of carbonyl (C=O) groups is 1. The van der Waals surface area contributed by atoms with Crippen molar-refractivity contribution in [2.24, 2.45) is 0 Å². The summed E-state index contributed by atoms with van der Waals surface area (Å²) in [6.45, 7) is 1.66. The number of pyridine rings is 1. The number of nitrogens with one attached hydrogen (secondary N) is 1. The molecular weight excluding hydrogens is 412 g/mol. The highest BCUT2D eigenvalue weighted by Gasteiger charge is 2.17. The number of nitrogens with zero attached hydrogens (tertiary/aromatic N) is 3. The Balaban J connectivity index is 1.45. The van der Waals surface area contributed by atoms with Gasteiger partial charge in [0.2, 0.25) is 0 Å². The molecule has 1 atom stereocenters. The standard InChI is InChI=1S/C23H20N4O5/c1-15(23(28)25-19-5-3-4-6-21(19)31-2)32-18-10-7-16(8-11-18)20-14-26-13-17(27(29)30)9-12-22(26)24-20/h3-15H,1-2H3,(H,25,28). The SMILES string of the molecule is COc1ccccc1NC(=O)C(C)Oc1ccc(-c2cn3cc([N+](=O)[O-])ccc3n2)cc1. The first-order valence-electron chi connectivity index (χ1n) is 9.79. The van der Waals surface area contributed by atoms with E-state index < -0.39 is 11.0 Å². The van der Waals surface area contributed by atoms with Crippen LogP contribution in [-0.2, 0) is 4.79 Å². The van der Waals surface area contributed by atoms with Crippen molar-refractivity contribution in [2.75, 3.05) is 12.4 Å². The number of imidazole rings is 1. The number of methoxy groups -OCH3 is 1. The van der Waals surface area contributed by atoms with Crippen LogP contribution in [0.1, 0.15) is 6.92 Å². The lowest BCUT2D eigenvalue weighted by Gasteiger charge is -2.16. The minimum atomic E-state index is -0.735. The zero-order valence-electron chi connectivity index (χ0n) is 17.4. The van der Waals surface area contributed by atoms with Gasteiger partial charge in [0.25, 0.3) is 11.6 Å². The van der Waals surface area contributed by atoms with E-state index in [1.54, 1.807) is 53.9 Å². The second-order valence-corrected chi connectivity index (χ2v) is 7.01. The number of rotatable bonds is 7. The molecule has 0 aliphatic carbocycles. The lowest BCUT2D eigenvalue weighted by molar-refractivity contribution is -0.385. The molecule has 0 aliphatic rings. The van der Waals surface area contributed by atoms with E-state index in [4.69, 9.17) is 9.47 Å². The highest BCUT2D eigenvalue weighted by Crippen LogP contribution is 2.25. The van der Waals surface area contributed by atoms with Gasteiger partial charge in [-0.25, -0.2) is 4.98 Å². The maximum absolute atomic E-state index is 12.5. The Morgan fingerprint density at radius 2 is 1.84 bits per heavy atom. The van der Waals surface area contributed by atoms with Crippen LogP contribution in [0.15, 0.2) is 73.1 Å². The summed E-state index contributed by atoms with van der Waals surface area (Å²) in [5, 5.41) is 13.7. The monoisotopic (exact) mass is 432 g/mol. The van der Waals surface area contributed by atoms with Crippen LogP contribution in [0.3, 0.4) is 0 Å². The number of para-hydroxylation sites is 2. The van der Waals surface area contributed by atoms with Gasteiger partial charge in [0.05, 0.1) is 29.6 Å². The quantitative estimate of drug-likeness (QED) is 0.344. The summed E-state index contributed by atoms with van der Waals surface area (Å²) < 4.78 is 12.6. The second-order valence-electron chi connectivity index (χ2n) is 7.01. The minimum absolute atomic E-state index is 0.00872. The van der Waals surface area contributed by atoms with Gasteiger partial charge in [-0.1, -0.05) is 12.1 Å². The van der Waals surface area contributed by atoms with E-state index in [0.29, 0.717) is 28.5 Å². The Hall–Kier alpha value is -4.40. The van der Waals surface area contributed by atoms with E-state index in [2.05, 4.69) is 10.3 Å². The fourth-order valence-electron chi connectivity index (χ4n) is 3.17. The van der Waals surface area contributed by atoms with Crippen molar-refractivity contribution in [3.05, 3.63) is 83.2 Å². The molecular formula is C23H20N4O5. The van der Waals surface area contributed by atoms with Crippen molar-refractivity contribution in [2.45, 2.75) is 13.0 Å². The Kier molecular flexibility index (Phi) is 5.71. The molecule has 4 aromatic rings. The lowest BCUT2D eigenvalue weighted by atomic mass is 10.1. The highest BCUT2D eigenvalue weighted by molar-refractivity contribution is 5.95. The topological polar surface area (TPSA) is 108 Å². The number of anilines is 1. The number of benzene rings is 2. The van der Waals surface area contributed by atoms with Gasteiger partial charge in [0.1, 0.15) is 17.1 Å². The van der Waals surface area contributed by atoms with Crippen molar-refractivity contribution in [3.63, 3.8) is 0 Å². The Bertz CT molecular complexity index is 1280. The zero-order valence-corrected chi connectivity index (χ0v) is 17.4. The third-order valence-electron chi connectivity index (χ3n) is 4.84. The van der Waals surface area contributed by atoms with Gasteiger partial charge in [-0.15, -0.1) is 0 Å². The third-order valence-corrected chi connectivity index (χ3v) is 4.84. The molecule has 2 heterocycles. The average Bonchev–Trinajstić information content (AvgIpc) is 3.23. The Labute approximate surface area is 183 Å². The first-order valence-corrected chi connectivity index (χ1v) is 9.79. The Morgan fingerprint density at radius 1 is 1.09 bits per heavy atom. The number of nitro groups is 1. The number of ether oxygens (including phenoxy) is 2. The molecule has 0 aliphatic heterocycles. The number of carbonyl (C=O) groups excluding carboxylic acids is 1. The van der Waals surface area contributed by atoms with E-state index in [1.807, 2.05) is 18.2 Å². The molecule has 1 N–H and O–H groups in total. The fourth-order valence-corrected chi connectivity index (χ4v) is 3.17. The molecule has 4 rings (SSSR count). The summed E-state index contributed by atoms with van der Waals surface area (Å²) in [5.74, 6) is 0.784. The summed E-state index contributed by atoms with van der Waals surface area (Å²) in [6.07, 6.45) is 2.41. The predicted octanol–water partition coefficient (Wildman–Crippen LogP) is 4.32. The molecule has 0 fully saturated rings. The van der Waals surface area contributed by atoms with E-state index in [0.717, 1.165) is 5.56 Å². The van der Waals surface area contributed by atoms with E-state index in [9.17, 15) is 14.9 Å². The molecule has 0 saturated heterocycles. The normalized spacial score (nSPS) is 11.7. The van der Waals surface area contributed by atoms with Crippen LogP contribution >= 0.6 is 0 Å². The number of hydrogen-bond donors (Lipinski definition) is 1. The molecule has 0 saturated carbocycles. The van der Waals surface area contributed by atoms with Crippen molar-refractivity contribution in [1.29, 1.82) is 0 Å². The van der Waals surface area contributed by atoms with Crippen LogP contribution in [0.2, 0.25) is 0 Å². The van der Waals surface area contributed by atoms with Gasteiger partial charge >= 0.3 is 0 Å². The number of hydrogen-bond acceptors (Lipinski definition) is 6. The van der Waals surface area contributed by atoms with Gasteiger partial charge in [-0.05, 0) is 49.4 Å². The van der Waals surface area contributed by atoms with Crippen LogP contribution in [0.5, 0.6) is 11.5 Å². The van der Waals surface area contributed by atoms with Gasteiger partial charge < -0.3 is 14.8 Å². The predicted molar refractivity (Wildman–Crippen MR) is 119 cm³/mol. The lowest BCUT2D eigenvalue weighted by Crippen LogP contribution is -2.30. The highest BCUT2D eigenvalue weighted by atomic mass is 16.6. The smallest absolute Gasteiger partial charge is 0.286 e. The van der Waals surface area contributed by atoms with Gasteiger partial charge in [-0.2, -0.15) is 0 Å². The number of aromatic nitrogens is 2. The molecule has 0 bridgehead atoms. The van der Waals surface area contributed by atoms with Crippen LogP contribution in [0, 0.1) is 10.1 Å². The van der Waals surface area contributed by atoms with Gasteiger partial charge in [0, 0.05) is 17.8 Å². The summed E-state index contributed by atoms with van der Waals surface area (Å²) >= 11 is 0. The van der Waals surface area contributed by atoms with Crippen LogP contribution in [0.25, 0.3) is 16.9 Å². The van der Waals surface area contributed by atoms with Gasteiger partial charge in [0.15, 0.2) is 6.10 Å². The van der Waals surface area contributed by atoms with E-state index in [1.165, 1.54) is 19.4 Å². The van der Waals surface area contributed by atoms with Crippen molar-refractivity contribution >= 4 is 22.9 Å². The van der Waals surface area contributed by atoms with E-state index in [-0.39, 0.29) is 11.6 Å². The van der Waals surface area contributed by atoms with Crippen LogP contribution < -0.4 is 14.8 Å². The van der Waals surface area contributed by atoms with Crippen LogP contribution in [0.4, 0.5) is 11.4 Å². The molecule has 2 aromatic carbocycles. The first-order chi connectivity index (χ1) is 15.4. The molecule has 1 unspecified atom stereocenters. The van der Waals surface area contributed by atoms with E-state index >= 15 is 0 Å². The molecule has 9 heteroatoms. The molecule has 1 amide bonds. The Morgan fingerprint density at radius 3 is 2.56 bits per heavy atom. The average molecular weight is 432 g/mol. The molecule has 0 radical (unpaired) electrons. The third kappa shape index (κ3) is 4.36.